The van der Waals surface area contributed by atoms with Crippen molar-refractivity contribution in [3.63, 3.8) is 0 Å². The number of carbonyl (C=O) groups excluding carboxylic acids is 2. The van der Waals surface area contributed by atoms with Gasteiger partial charge in [0.05, 0.1) is 5.69 Å². The van der Waals surface area contributed by atoms with Crippen molar-refractivity contribution in [3.05, 3.63) is 27.2 Å². The summed E-state index contributed by atoms with van der Waals surface area (Å²) < 4.78 is 0.931. The average Bonchev–Trinajstić information content (AvgIpc) is 2.45. The molecule has 0 radical (unpaired) electrons. The molecule has 22 heavy (non-hydrogen) atoms. The summed E-state index contributed by atoms with van der Waals surface area (Å²) in [7, 11) is 0. The average molecular weight is 305 g/mol. The highest BCUT2D eigenvalue weighted by Gasteiger charge is 2.17. The first-order valence-corrected chi connectivity index (χ1v) is 6.87. The van der Waals surface area contributed by atoms with Crippen molar-refractivity contribution in [1.82, 2.24) is 20.4 Å². The lowest BCUT2D eigenvalue weighted by Gasteiger charge is -2.14. The number of rotatable bonds is 5. The Morgan fingerprint density at radius 2 is 2.05 bits per heavy atom. The minimum atomic E-state index is -0.717. The molecule has 0 saturated heterocycles. The lowest BCUT2D eigenvalue weighted by Crippen LogP contribution is -2.46. The van der Waals surface area contributed by atoms with Crippen LogP contribution in [0.4, 0.5) is 0 Å². The van der Waals surface area contributed by atoms with Gasteiger partial charge >= 0.3 is 0 Å². The number of nitrogens with one attached hydrogen (secondary N) is 2. The molecule has 0 aromatic carbocycles. The predicted molar refractivity (Wildman–Crippen MR) is 79.0 cm³/mol. The van der Waals surface area contributed by atoms with E-state index in [1.807, 2.05) is 6.07 Å². The van der Waals surface area contributed by atoms with Crippen LogP contribution in [0.3, 0.4) is 0 Å². The van der Waals surface area contributed by atoms with Crippen LogP contribution in [-0.2, 0) is 16.1 Å². The Labute approximate surface area is 128 Å². The number of hydrogen-bond donors (Lipinski definition) is 2. The van der Waals surface area contributed by atoms with E-state index in [-0.39, 0.29) is 18.0 Å². The fourth-order valence-corrected chi connectivity index (χ4v) is 1.83. The Morgan fingerprint density at radius 3 is 2.59 bits per heavy atom. The zero-order chi connectivity index (χ0) is 16.9. The van der Waals surface area contributed by atoms with Gasteiger partial charge in [0.1, 0.15) is 24.2 Å². The first-order chi connectivity index (χ1) is 10.3. The van der Waals surface area contributed by atoms with Crippen molar-refractivity contribution in [2.75, 3.05) is 6.54 Å². The molecule has 0 aliphatic carbocycles. The summed E-state index contributed by atoms with van der Waals surface area (Å²) in [5.41, 5.74) is 0.351. The summed E-state index contributed by atoms with van der Waals surface area (Å²) in [6.45, 7) is 6.71. The third kappa shape index (κ3) is 3.91. The van der Waals surface area contributed by atoms with Gasteiger partial charge in [0.2, 0.25) is 11.8 Å². The Balaban J connectivity index is 2.91. The van der Waals surface area contributed by atoms with Crippen molar-refractivity contribution in [2.24, 2.45) is 0 Å². The second-order valence-electron chi connectivity index (χ2n) is 4.84. The maximum atomic E-state index is 12.0. The molecule has 0 aliphatic heterocycles. The number of nitriles is 1. The molecule has 8 heteroatoms. The monoisotopic (exact) mass is 305 g/mol. The molecule has 1 rings (SSSR count). The van der Waals surface area contributed by atoms with Gasteiger partial charge in [-0.15, -0.1) is 0 Å². The van der Waals surface area contributed by atoms with E-state index in [0.29, 0.717) is 17.8 Å². The molecule has 1 atom stereocenters. The van der Waals surface area contributed by atoms with Gasteiger partial charge in [-0.05, 0) is 33.3 Å². The minimum Gasteiger partial charge on any atom is -0.355 e. The first-order valence-electron chi connectivity index (χ1n) is 6.87. The van der Waals surface area contributed by atoms with Gasteiger partial charge in [-0.1, -0.05) is 0 Å². The molecule has 0 fully saturated rings. The predicted octanol–water partition coefficient (Wildman–Crippen LogP) is -0.627. The Kier molecular flexibility index (Phi) is 5.81. The van der Waals surface area contributed by atoms with Crippen molar-refractivity contribution in [1.29, 1.82) is 5.26 Å². The van der Waals surface area contributed by atoms with E-state index in [2.05, 4.69) is 15.7 Å². The Morgan fingerprint density at radius 1 is 1.41 bits per heavy atom. The largest absolute Gasteiger partial charge is 0.355 e. The highest BCUT2D eigenvalue weighted by Crippen LogP contribution is 2.04. The summed E-state index contributed by atoms with van der Waals surface area (Å²) in [4.78, 5) is 35.5. The van der Waals surface area contributed by atoms with Crippen molar-refractivity contribution in [3.8, 4) is 6.07 Å². The van der Waals surface area contributed by atoms with Gasteiger partial charge in [0.25, 0.3) is 5.56 Å². The molecule has 0 bridgehead atoms. The van der Waals surface area contributed by atoms with Gasteiger partial charge in [0.15, 0.2) is 0 Å². The van der Waals surface area contributed by atoms with E-state index >= 15 is 0 Å². The van der Waals surface area contributed by atoms with Crippen LogP contribution >= 0.6 is 0 Å². The summed E-state index contributed by atoms with van der Waals surface area (Å²) in [6, 6.07) is 1.11. The van der Waals surface area contributed by atoms with Gasteiger partial charge in [0, 0.05) is 6.54 Å². The maximum Gasteiger partial charge on any atom is 0.285 e. The Bertz CT molecular complexity index is 687. The molecule has 0 aliphatic rings. The zero-order valence-corrected chi connectivity index (χ0v) is 13.1. The zero-order valence-electron chi connectivity index (χ0n) is 13.1. The maximum absolute atomic E-state index is 12.0. The second kappa shape index (κ2) is 7.36. The van der Waals surface area contributed by atoms with E-state index in [1.54, 1.807) is 27.7 Å². The highest BCUT2D eigenvalue weighted by molar-refractivity contribution is 5.87. The lowest BCUT2D eigenvalue weighted by molar-refractivity contribution is -0.128. The molecule has 1 aromatic rings. The molecule has 2 amide bonds. The van der Waals surface area contributed by atoms with Gasteiger partial charge < -0.3 is 10.6 Å². The van der Waals surface area contributed by atoms with Crippen LogP contribution in [0.2, 0.25) is 0 Å². The first kappa shape index (κ1) is 17.4. The fraction of sp³-hybridized carbons (Fsp3) is 0.500. The number of amides is 2. The van der Waals surface area contributed by atoms with E-state index in [9.17, 15) is 14.4 Å². The number of likely N-dealkylation sites (N-methyl/N-ethyl adjacent to an activating group) is 1. The molecule has 0 saturated carbocycles. The van der Waals surface area contributed by atoms with Crippen LogP contribution in [0.25, 0.3) is 0 Å². The third-order valence-corrected chi connectivity index (χ3v) is 3.16. The van der Waals surface area contributed by atoms with Gasteiger partial charge in [-0.2, -0.15) is 10.4 Å². The number of carbonyl (C=O) groups is 2. The Hall–Kier alpha value is -2.69. The molecule has 2 N–H and O–H groups in total. The molecule has 0 spiro atoms. The molecule has 1 heterocycles. The number of nitrogens with zero attached hydrogens (tertiary/aromatic N) is 3. The normalized spacial score (nSPS) is 11.4. The minimum absolute atomic E-state index is 0.0305. The van der Waals surface area contributed by atoms with Crippen LogP contribution in [0, 0.1) is 25.2 Å². The SMILES string of the molecule is CCNC(=O)[C@H](C)NC(=O)Cn1nc(C)c(C)c(C#N)c1=O. The van der Waals surface area contributed by atoms with Crippen molar-refractivity contribution in [2.45, 2.75) is 40.3 Å². The number of aromatic nitrogens is 2. The molecule has 0 unspecified atom stereocenters. The summed E-state index contributed by atoms with van der Waals surface area (Å²) in [5, 5.41) is 18.1. The second-order valence-corrected chi connectivity index (χ2v) is 4.84. The van der Waals surface area contributed by atoms with Crippen LogP contribution in [0.15, 0.2) is 4.79 Å². The van der Waals surface area contributed by atoms with Crippen LogP contribution in [0.5, 0.6) is 0 Å². The van der Waals surface area contributed by atoms with Gasteiger partial charge in [-0.3, -0.25) is 14.4 Å². The molecule has 8 nitrogen and oxygen atoms in total. The smallest absolute Gasteiger partial charge is 0.285 e. The molecule has 118 valence electrons. The van der Waals surface area contributed by atoms with Crippen molar-refractivity contribution >= 4 is 11.8 Å². The standard InChI is InChI=1S/C14H19N5O3/c1-5-16-13(21)10(4)17-12(20)7-19-14(22)11(6-15)8(2)9(3)18-19/h10H,5,7H2,1-4H3,(H,16,21)(H,17,20)/t10-/m0/s1. The third-order valence-electron chi connectivity index (χ3n) is 3.16. The van der Waals surface area contributed by atoms with E-state index < -0.39 is 17.5 Å². The highest BCUT2D eigenvalue weighted by atomic mass is 16.2. The van der Waals surface area contributed by atoms with Crippen LogP contribution in [-0.4, -0.2) is 34.2 Å². The van der Waals surface area contributed by atoms with Crippen molar-refractivity contribution < 1.29 is 9.59 Å². The number of aryl methyl sites for hydroxylation is 1. The van der Waals surface area contributed by atoms with Crippen LogP contribution in [0.1, 0.15) is 30.7 Å². The van der Waals surface area contributed by atoms with Gasteiger partial charge in [-0.25, -0.2) is 4.68 Å². The van der Waals surface area contributed by atoms with E-state index in [4.69, 9.17) is 5.26 Å². The summed E-state index contributed by atoms with van der Waals surface area (Å²) in [6.07, 6.45) is 0. The fourth-order valence-electron chi connectivity index (χ4n) is 1.83. The van der Waals surface area contributed by atoms with E-state index in [1.165, 1.54) is 0 Å². The quantitative estimate of drug-likeness (QED) is 0.751. The summed E-state index contributed by atoms with van der Waals surface area (Å²) in [5.74, 6) is -0.838. The molecular weight excluding hydrogens is 286 g/mol. The summed E-state index contributed by atoms with van der Waals surface area (Å²) >= 11 is 0. The van der Waals surface area contributed by atoms with Crippen LogP contribution < -0.4 is 16.2 Å². The van der Waals surface area contributed by atoms with E-state index in [0.717, 1.165) is 4.68 Å². The molecular formula is C14H19N5O3. The molecule has 1 aromatic heterocycles. The topological polar surface area (TPSA) is 117 Å². The number of hydrogen-bond acceptors (Lipinski definition) is 5. The lowest BCUT2D eigenvalue weighted by atomic mass is 10.1.